The predicted molar refractivity (Wildman–Crippen MR) is 79.9 cm³/mol. The van der Waals surface area contributed by atoms with E-state index in [0.29, 0.717) is 0 Å². The van der Waals surface area contributed by atoms with Crippen molar-refractivity contribution in [2.45, 2.75) is 32.7 Å². The Balaban J connectivity index is 2.28. The lowest BCUT2D eigenvalue weighted by atomic mass is 10.0. The van der Waals surface area contributed by atoms with Gasteiger partial charge in [-0.25, -0.2) is 0 Å². The van der Waals surface area contributed by atoms with Crippen LogP contribution >= 0.6 is 15.9 Å². The van der Waals surface area contributed by atoms with Gasteiger partial charge in [-0.2, -0.15) is 5.10 Å². The van der Waals surface area contributed by atoms with Crippen LogP contribution in [0.15, 0.2) is 22.8 Å². The van der Waals surface area contributed by atoms with E-state index in [1.165, 1.54) is 5.56 Å². The summed E-state index contributed by atoms with van der Waals surface area (Å²) in [4.78, 5) is 4.44. The van der Waals surface area contributed by atoms with Gasteiger partial charge in [-0.05, 0) is 40.9 Å². The minimum absolute atomic E-state index is 0.109. The zero-order valence-electron chi connectivity index (χ0n) is 11.5. The number of hydrogen-bond acceptors (Lipinski definition) is 3. The maximum Gasteiger partial charge on any atom is 0.0738 e. The van der Waals surface area contributed by atoms with E-state index in [-0.39, 0.29) is 6.04 Å². The second-order valence-electron chi connectivity index (χ2n) is 4.68. The first-order chi connectivity index (χ1) is 9.04. The average Bonchev–Trinajstić information content (AvgIpc) is 2.65. The van der Waals surface area contributed by atoms with Gasteiger partial charge in [-0.1, -0.05) is 13.0 Å². The van der Waals surface area contributed by atoms with Crippen LogP contribution in [-0.4, -0.2) is 14.8 Å². The van der Waals surface area contributed by atoms with Gasteiger partial charge in [0.05, 0.1) is 27.6 Å². The molecule has 2 aromatic heterocycles. The van der Waals surface area contributed by atoms with E-state index in [9.17, 15) is 0 Å². The van der Waals surface area contributed by atoms with Gasteiger partial charge in [-0.15, -0.1) is 0 Å². The van der Waals surface area contributed by atoms with Crippen LogP contribution in [0, 0.1) is 6.92 Å². The van der Waals surface area contributed by atoms with Crippen LogP contribution in [0.2, 0.25) is 0 Å². The quantitative estimate of drug-likeness (QED) is 0.941. The Kier molecular flexibility index (Phi) is 4.37. The van der Waals surface area contributed by atoms with Crippen LogP contribution < -0.4 is 5.73 Å². The molecule has 0 spiro atoms. The Morgan fingerprint density at radius 1 is 1.47 bits per heavy atom. The van der Waals surface area contributed by atoms with E-state index in [1.807, 2.05) is 24.7 Å². The molecule has 5 heteroatoms. The Labute approximate surface area is 122 Å². The fourth-order valence-corrected chi connectivity index (χ4v) is 2.79. The topological polar surface area (TPSA) is 56.7 Å². The molecule has 2 N–H and O–H groups in total. The van der Waals surface area contributed by atoms with E-state index in [1.54, 1.807) is 6.20 Å². The number of pyridine rings is 1. The van der Waals surface area contributed by atoms with Crippen LogP contribution in [0.4, 0.5) is 0 Å². The number of halogens is 1. The van der Waals surface area contributed by atoms with Crippen molar-refractivity contribution < 1.29 is 0 Å². The summed E-state index contributed by atoms with van der Waals surface area (Å²) >= 11 is 3.58. The van der Waals surface area contributed by atoms with Crippen LogP contribution in [0.1, 0.15) is 35.6 Å². The van der Waals surface area contributed by atoms with Crippen LogP contribution in [0.25, 0.3) is 0 Å². The van der Waals surface area contributed by atoms with Crippen molar-refractivity contribution in [2.24, 2.45) is 12.8 Å². The first-order valence-electron chi connectivity index (χ1n) is 6.42. The largest absolute Gasteiger partial charge is 0.322 e. The van der Waals surface area contributed by atoms with Crippen molar-refractivity contribution in [3.8, 4) is 0 Å². The third-order valence-electron chi connectivity index (χ3n) is 3.33. The second-order valence-corrected chi connectivity index (χ2v) is 5.47. The number of aryl methyl sites for hydroxylation is 3. The minimum atomic E-state index is -0.109. The molecule has 2 heterocycles. The summed E-state index contributed by atoms with van der Waals surface area (Å²) in [6, 6.07) is 3.94. The lowest BCUT2D eigenvalue weighted by Gasteiger charge is -2.15. The van der Waals surface area contributed by atoms with Gasteiger partial charge in [0.2, 0.25) is 0 Å². The molecule has 19 heavy (non-hydrogen) atoms. The Bertz CT molecular complexity index is 577. The molecule has 0 saturated carbocycles. The third kappa shape index (κ3) is 2.87. The Hall–Kier alpha value is -1.20. The summed E-state index contributed by atoms with van der Waals surface area (Å²) in [5, 5.41) is 4.39. The summed E-state index contributed by atoms with van der Waals surface area (Å²) in [5.41, 5.74) is 10.6. The Morgan fingerprint density at radius 3 is 2.79 bits per heavy atom. The Morgan fingerprint density at radius 2 is 2.21 bits per heavy atom. The molecular formula is C14H19BrN4. The molecule has 1 atom stereocenters. The monoisotopic (exact) mass is 322 g/mol. The normalized spacial score (nSPS) is 12.7. The van der Waals surface area contributed by atoms with Crippen molar-refractivity contribution in [3.63, 3.8) is 0 Å². The fourth-order valence-electron chi connectivity index (χ4n) is 2.29. The van der Waals surface area contributed by atoms with Gasteiger partial charge in [0.25, 0.3) is 0 Å². The number of nitrogens with two attached hydrogens (primary N) is 1. The van der Waals surface area contributed by atoms with Crippen LogP contribution in [0.5, 0.6) is 0 Å². The lowest BCUT2D eigenvalue weighted by molar-refractivity contribution is 0.622. The summed E-state index contributed by atoms with van der Waals surface area (Å²) in [7, 11) is 1.94. The first kappa shape index (κ1) is 14.2. The van der Waals surface area contributed by atoms with Gasteiger partial charge >= 0.3 is 0 Å². The molecule has 0 saturated heterocycles. The fraction of sp³-hybridized carbons (Fsp3) is 0.429. The van der Waals surface area contributed by atoms with E-state index in [4.69, 9.17) is 5.73 Å². The van der Waals surface area contributed by atoms with Crippen molar-refractivity contribution in [1.29, 1.82) is 0 Å². The van der Waals surface area contributed by atoms with Crippen molar-refractivity contribution in [2.75, 3.05) is 0 Å². The average molecular weight is 323 g/mol. The SMILES string of the molecule is CCc1cccnc1C(N)Cc1c(Br)c(C)nn1C. The van der Waals surface area contributed by atoms with E-state index >= 15 is 0 Å². The van der Waals surface area contributed by atoms with Crippen LogP contribution in [0.3, 0.4) is 0 Å². The number of hydrogen-bond donors (Lipinski definition) is 1. The standard InChI is InChI=1S/C14H19BrN4/c1-4-10-6-5-7-17-14(10)11(16)8-12-13(15)9(2)18-19(12)3/h5-7,11H,4,8,16H2,1-3H3. The van der Waals surface area contributed by atoms with Gasteiger partial charge < -0.3 is 5.73 Å². The third-order valence-corrected chi connectivity index (χ3v) is 4.36. The van der Waals surface area contributed by atoms with Gasteiger partial charge in [0.15, 0.2) is 0 Å². The minimum Gasteiger partial charge on any atom is -0.322 e. The summed E-state index contributed by atoms with van der Waals surface area (Å²) < 4.78 is 2.92. The van der Waals surface area contributed by atoms with Gasteiger partial charge in [0, 0.05) is 19.7 Å². The summed E-state index contributed by atoms with van der Waals surface area (Å²) in [5.74, 6) is 0. The van der Waals surface area contributed by atoms with Crippen molar-refractivity contribution in [3.05, 3.63) is 45.4 Å². The zero-order valence-corrected chi connectivity index (χ0v) is 13.1. The molecule has 0 aromatic carbocycles. The van der Waals surface area contributed by atoms with Gasteiger partial charge in [0.1, 0.15) is 0 Å². The molecule has 0 aliphatic heterocycles. The molecule has 0 radical (unpaired) electrons. The van der Waals surface area contributed by atoms with Crippen LogP contribution in [-0.2, 0) is 19.9 Å². The molecule has 4 nitrogen and oxygen atoms in total. The smallest absolute Gasteiger partial charge is 0.0738 e. The molecule has 0 bridgehead atoms. The van der Waals surface area contributed by atoms with Gasteiger partial charge in [-0.3, -0.25) is 9.67 Å². The highest BCUT2D eigenvalue weighted by Gasteiger charge is 2.17. The van der Waals surface area contributed by atoms with E-state index in [2.05, 4.69) is 39.0 Å². The molecular weight excluding hydrogens is 304 g/mol. The zero-order chi connectivity index (χ0) is 14.0. The molecule has 0 amide bonds. The number of nitrogens with zero attached hydrogens (tertiary/aromatic N) is 3. The predicted octanol–water partition coefficient (Wildman–Crippen LogP) is 2.69. The van der Waals surface area contributed by atoms with E-state index in [0.717, 1.165) is 34.4 Å². The number of rotatable bonds is 4. The highest BCUT2D eigenvalue weighted by molar-refractivity contribution is 9.10. The second kappa shape index (κ2) is 5.84. The molecule has 1 unspecified atom stereocenters. The summed E-state index contributed by atoms with van der Waals surface area (Å²) in [6.45, 7) is 4.11. The molecule has 0 fully saturated rings. The molecule has 0 aliphatic rings. The highest BCUT2D eigenvalue weighted by Crippen LogP contribution is 2.25. The molecule has 2 rings (SSSR count). The summed E-state index contributed by atoms with van der Waals surface area (Å²) in [6.07, 6.45) is 3.47. The maximum absolute atomic E-state index is 6.33. The van der Waals surface area contributed by atoms with E-state index < -0.39 is 0 Å². The first-order valence-corrected chi connectivity index (χ1v) is 7.21. The lowest BCUT2D eigenvalue weighted by Crippen LogP contribution is -2.18. The maximum atomic E-state index is 6.33. The molecule has 102 valence electrons. The molecule has 0 aliphatic carbocycles. The highest BCUT2D eigenvalue weighted by atomic mass is 79.9. The molecule has 2 aromatic rings. The number of aromatic nitrogens is 3. The van der Waals surface area contributed by atoms with Crippen molar-refractivity contribution >= 4 is 15.9 Å². The van der Waals surface area contributed by atoms with Crippen molar-refractivity contribution in [1.82, 2.24) is 14.8 Å².